The highest BCUT2D eigenvalue weighted by molar-refractivity contribution is 7.89. The summed E-state index contributed by atoms with van der Waals surface area (Å²) in [6.45, 7) is 0.134. The molecule has 1 aliphatic carbocycles. The molecule has 0 bridgehead atoms. The zero-order chi connectivity index (χ0) is 15.3. The van der Waals surface area contributed by atoms with Crippen LogP contribution in [0.1, 0.15) is 25.7 Å². The summed E-state index contributed by atoms with van der Waals surface area (Å²) in [4.78, 5) is 0. The lowest BCUT2D eigenvalue weighted by Crippen LogP contribution is -2.42. The lowest BCUT2D eigenvalue weighted by Gasteiger charge is -2.22. The molecular weight excluding hydrogens is 292 g/mol. The first kappa shape index (κ1) is 16.1. The van der Waals surface area contributed by atoms with Gasteiger partial charge in [0, 0.05) is 12.2 Å². The van der Waals surface area contributed by atoms with Gasteiger partial charge in [-0.3, -0.25) is 0 Å². The van der Waals surface area contributed by atoms with Crippen molar-refractivity contribution < 1.29 is 18.3 Å². The van der Waals surface area contributed by atoms with Crippen LogP contribution in [-0.4, -0.2) is 38.0 Å². The highest BCUT2D eigenvalue weighted by atomic mass is 32.2. The molecular formula is C14H22N2O4S. The molecule has 6 nitrogen and oxygen atoms in total. The van der Waals surface area contributed by atoms with E-state index in [-0.39, 0.29) is 18.9 Å². The Morgan fingerprint density at radius 3 is 2.48 bits per heavy atom. The fraction of sp³-hybridized carbons (Fsp3) is 0.571. The number of ether oxygens (including phenoxy) is 1. The summed E-state index contributed by atoms with van der Waals surface area (Å²) >= 11 is 0. The summed E-state index contributed by atoms with van der Waals surface area (Å²) in [6, 6.07) is 6.77. The van der Waals surface area contributed by atoms with Gasteiger partial charge in [-0.2, -0.15) is 0 Å². The molecule has 0 aliphatic heterocycles. The summed E-state index contributed by atoms with van der Waals surface area (Å²) in [5.74, 6) is 0.432. The Kier molecular flexibility index (Phi) is 5.08. The zero-order valence-electron chi connectivity index (χ0n) is 11.9. The van der Waals surface area contributed by atoms with Gasteiger partial charge < -0.3 is 15.6 Å². The van der Waals surface area contributed by atoms with E-state index in [9.17, 15) is 13.5 Å². The maximum Gasteiger partial charge on any atom is 0.215 e. The normalized spacial score (nSPS) is 17.8. The molecule has 1 fully saturated rings. The largest absolute Gasteiger partial charge is 0.492 e. The Labute approximate surface area is 125 Å². The van der Waals surface area contributed by atoms with Gasteiger partial charge in [-0.05, 0) is 37.1 Å². The summed E-state index contributed by atoms with van der Waals surface area (Å²) in [6.07, 6.45) is 3.19. The Bertz CT molecular complexity index is 551. The van der Waals surface area contributed by atoms with Gasteiger partial charge in [-0.25, -0.2) is 13.1 Å². The second kappa shape index (κ2) is 6.64. The molecule has 0 aromatic heterocycles. The third kappa shape index (κ3) is 5.18. The average Bonchev–Trinajstić information content (AvgIpc) is 2.87. The quantitative estimate of drug-likeness (QED) is 0.648. The van der Waals surface area contributed by atoms with Crippen molar-refractivity contribution in [2.75, 3.05) is 24.6 Å². The predicted octanol–water partition coefficient (Wildman–Crippen LogP) is 0.872. The van der Waals surface area contributed by atoms with Gasteiger partial charge in [0.2, 0.25) is 10.0 Å². The van der Waals surface area contributed by atoms with Crippen LogP contribution in [-0.2, 0) is 10.0 Å². The van der Waals surface area contributed by atoms with Gasteiger partial charge in [0.15, 0.2) is 0 Å². The zero-order valence-corrected chi connectivity index (χ0v) is 12.7. The number of nitrogen functional groups attached to an aromatic ring is 1. The second-order valence-electron chi connectivity index (χ2n) is 5.49. The Morgan fingerprint density at radius 1 is 1.24 bits per heavy atom. The van der Waals surface area contributed by atoms with E-state index in [0.29, 0.717) is 24.3 Å². The number of hydrogen-bond acceptors (Lipinski definition) is 5. The van der Waals surface area contributed by atoms with E-state index in [1.807, 2.05) is 0 Å². The van der Waals surface area contributed by atoms with E-state index in [1.165, 1.54) is 0 Å². The minimum absolute atomic E-state index is 0.0533. The van der Waals surface area contributed by atoms with Gasteiger partial charge in [-0.15, -0.1) is 0 Å². The molecule has 2 rings (SSSR count). The maximum atomic E-state index is 11.9. The van der Waals surface area contributed by atoms with Crippen LogP contribution in [0.25, 0.3) is 0 Å². The van der Waals surface area contributed by atoms with Crippen LogP contribution in [0.3, 0.4) is 0 Å². The molecule has 0 heterocycles. The molecule has 0 saturated heterocycles. The van der Waals surface area contributed by atoms with E-state index in [4.69, 9.17) is 10.5 Å². The van der Waals surface area contributed by atoms with E-state index < -0.39 is 15.6 Å². The van der Waals surface area contributed by atoms with Gasteiger partial charge in [0.1, 0.15) is 12.4 Å². The fourth-order valence-corrected chi connectivity index (χ4v) is 3.30. The monoisotopic (exact) mass is 314 g/mol. The SMILES string of the molecule is Nc1ccc(OCCS(=O)(=O)NCC2(O)CCCC2)cc1. The summed E-state index contributed by atoms with van der Waals surface area (Å²) in [7, 11) is -3.45. The summed E-state index contributed by atoms with van der Waals surface area (Å²) in [5.41, 5.74) is 5.29. The highest BCUT2D eigenvalue weighted by Gasteiger charge is 2.32. The van der Waals surface area contributed by atoms with Crippen LogP contribution < -0.4 is 15.2 Å². The lowest BCUT2D eigenvalue weighted by molar-refractivity contribution is 0.0531. The summed E-state index contributed by atoms with van der Waals surface area (Å²) in [5, 5.41) is 10.1. The lowest BCUT2D eigenvalue weighted by atomic mass is 10.0. The minimum atomic E-state index is -3.45. The van der Waals surface area contributed by atoms with Crippen molar-refractivity contribution in [2.45, 2.75) is 31.3 Å². The molecule has 118 valence electrons. The molecule has 0 atom stereocenters. The number of rotatable bonds is 7. The molecule has 7 heteroatoms. The standard InChI is InChI=1S/C14H22N2O4S/c15-12-3-5-13(6-4-12)20-9-10-21(18,19)16-11-14(17)7-1-2-8-14/h3-6,16-17H,1-2,7-11,15H2. The van der Waals surface area contributed by atoms with Crippen molar-refractivity contribution in [1.29, 1.82) is 0 Å². The van der Waals surface area contributed by atoms with Crippen molar-refractivity contribution in [3.8, 4) is 5.75 Å². The van der Waals surface area contributed by atoms with Crippen LogP contribution in [0.4, 0.5) is 5.69 Å². The average molecular weight is 314 g/mol. The van der Waals surface area contributed by atoms with Crippen LogP contribution in [0, 0.1) is 0 Å². The van der Waals surface area contributed by atoms with Crippen molar-refractivity contribution in [3.63, 3.8) is 0 Å². The molecule has 0 unspecified atom stereocenters. The van der Waals surface area contributed by atoms with Crippen molar-refractivity contribution in [3.05, 3.63) is 24.3 Å². The topological polar surface area (TPSA) is 102 Å². The van der Waals surface area contributed by atoms with Gasteiger partial charge in [0.05, 0.1) is 11.4 Å². The first-order valence-electron chi connectivity index (χ1n) is 7.07. The molecule has 1 aromatic carbocycles. The molecule has 1 aromatic rings. The second-order valence-corrected chi connectivity index (χ2v) is 7.42. The third-order valence-electron chi connectivity index (χ3n) is 3.66. The molecule has 21 heavy (non-hydrogen) atoms. The number of benzene rings is 1. The molecule has 4 N–H and O–H groups in total. The molecule has 0 spiro atoms. The predicted molar refractivity (Wildman–Crippen MR) is 81.6 cm³/mol. The van der Waals surface area contributed by atoms with Gasteiger partial charge >= 0.3 is 0 Å². The fourth-order valence-electron chi connectivity index (χ4n) is 2.36. The van der Waals surface area contributed by atoms with Crippen LogP contribution in [0.5, 0.6) is 5.75 Å². The van der Waals surface area contributed by atoms with E-state index in [0.717, 1.165) is 12.8 Å². The van der Waals surface area contributed by atoms with Crippen LogP contribution >= 0.6 is 0 Å². The van der Waals surface area contributed by atoms with E-state index in [1.54, 1.807) is 24.3 Å². The number of nitrogens with one attached hydrogen (secondary N) is 1. The first-order valence-corrected chi connectivity index (χ1v) is 8.72. The van der Waals surface area contributed by atoms with Crippen molar-refractivity contribution in [1.82, 2.24) is 4.72 Å². The molecule has 0 amide bonds. The number of aliphatic hydroxyl groups is 1. The minimum Gasteiger partial charge on any atom is -0.492 e. The number of nitrogens with two attached hydrogens (primary N) is 1. The number of hydrogen-bond donors (Lipinski definition) is 3. The first-order chi connectivity index (χ1) is 9.89. The van der Waals surface area contributed by atoms with E-state index in [2.05, 4.69) is 4.72 Å². The Hall–Kier alpha value is -1.31. The van der Waals surface area contributed by atoms with Gasteiger partial charge in [-0.1, -0.05) is 12.8 Å². The maximum absolute atomic E-state index is 11.9. The van der Waals surface area contributed by atoms with Crippen LogP contribution in [0.2, 0.25) is 0 Å². The Balaban J connectivity index is 1.74. The van der Waals surface area contributed by atoms with E-state index >= 15 is 0 Å². The molecule has 0 radical (unpaired) electrons. The highest BCUT2D eigenvalue weighted by Crippen LogP contribution is 2.28. The van der Waals surface area contributed by atoms with Gasteiger partial charge in [0.25, 0.3) is 0 Å². The number of anilines is 1. The van der Waals surface area contributed by atoms with Crippen molar-refractivity contribution in [2.24, 2.45) is 0 Å². The van der Waals surface area contributed by atoms with Crippen molar-refractivity contribution >= 4 is 15.7 Å². The smallest absolute Gasteiger partial charge is 0.215 e. The Morgan fingerprint density at radius 2 is 1.86 bits per heavy atom. The number of sulfonamides is 1. The third-order valence-corrected chi connectivity index (χ3v) is 4.94. The molecule has 1 saturated carbocycles. The summed E-state index contributed by atoms with van der Waals surface area (Å²) < 4.78 is 31.5. The van der Waals surface area contributed by atoms with Crippen LogP contribution in [0.15, 0.2) is 24.3 Å². The molecule has 1 aliphatic rings.